The van der Waals surface area contributed by atoms with E-state index in [1.807, 2.05) is 0 Å². The molecule has 0 saturated heterocycles. The topological polar surface area (TPSA) is 0 Å². The fraction of sp³-hybridized carbons (Fsp3) is 0.419. The number of benzene rings is 4. The maximum absolute atomic E-state index is 2.42. The van der Waals surface area contributed by atoms with E-state index in [1.54, 1.807) is 0 Å². The third-order valence-corrected chi connectivity index (χ3v) is 6.87. The lowest BCUT2D eigenvalue weighted by molar-refractivity contribution is 0.556. The van der Waals surface area contributed by atoms with Crippen LogP contribution in [0.1, 0.15) is 82.3 Å². The zero-order valence-electron chi connectivity index (χ0n) is 19.6. The Morgan fingerprint density at radius 2 is 1.00 bits per heavy atom. The average molecular weight is 411 g/mol. The van der Waals surface area contributed by atoms with E-state index in [0.717, 1.165) is 0 Å². The molecular weight excluding hydrogens is 372 g/mol. The molecule has 0 radical (unpaired) electrons. The lowest BCUT2D eigenvalue weighted by Crippen LogP contribution is -1.88. The van der Waals surface area contributed by atoms with Gasteiger partial charge in [-0.05, 0) is 57.6 Å². The summed E-state index contributed by atoms with van der Waals surface area (Å²) in [5, 5.41) is 8.20. The van der Waals surface area contributed by atoms with Crippen molar-refractivity contribution in [2.75, 3.05) is 0 Å². The molecule has 0 atom stereocenters. The van der Waals surface area contributed by atoms with Gasteiger partial charge in [0.1, 0.15) is 0 Å². The van der Waals surface area contributed by atoms with Gasteiger partial charge in [0.25, 0.3) is 0 Å². The summed E-state index contributed by atoms with van der Waals surface area (Å²) in [7, 11) is 0. The zero-order chi connectivity index (χ0) is 21.5. The fourth-order valence-corrected chi connectivity index (χ4v) is 5.03. The molecule has 0 aromatic heterocycles. The number of aryl methyl sites for hydroxylation is 2. The van der Waals surface area contributed by atoms with Crippen LogP contribution >= 0.6 is 0 Å². The van der Waals surface area contributed by atoms with Gasteiger partial charge in [-0.15, -0.1) is 0 Å². The van der Waals surface area contributed by atoms with Gasteiger partial charge in [0, 0.05) is 0 Å². The van der Waals surface area contributed by atoms with Crippen molar-refractivity contribution >= 4 is 32.3 Å². The van der Waals surface area contributed by atoms with Crippen LogP contribution in [0.25, 0.3) is 32.3 Å². The summed E-state index contributed by atoms with van der Waals surface area (Å²) >= 11 is 0. The molecule has 0 nitrogen and oxygen atoms in total. The van der Waals surface area contributed by atoms with Crippen LogP contribution in [0.2, 0.25) is 0 Å². The SMILES string of the molecule is CCCCCCCCCCCCc1ccc2c(ccc3c4ccc(C)cc4ccc23)c1. The second-order valence-corrected chi connectivity index (χ2v) is 9.44. The number of unbranched alkanes of at least 4 members (excludes halogenated alkanes) is 9. The van der Waals surface area contributed by atoms with Crippen LogP contribution in [0.15, 0.2) is 60.7 Å². The average Bonchev–Trinajstić information content (AvgIpc) is 2.79. The van der Waals surface area contributed by atoms with Crippen LogP contribution in [0.5, 0.6) is 0 Å². The fourth-order valence-electron chi connectivity index (χ4n) is 5.03. The Labute approximate surface area is 188 Å². The third kappa shape index (κ3) is 5.48. The highest BCUT2D eigenvalue weighted by atomic mass is 14.1. The molecule has 0 N–H and O–H groups in total. The van der Waals surface area contributed by atoms with Gasteiger partial charge >= 0.3 is 0 Å². The van der Waals surface area contributed by atoms with E-state index >= 15 is 0 Å². The summed E-state index contributed by atoms with van der Waals surface area (Å²) in [6, 6.07) is 23.1. The molecular formula is C31H38. The molecule has 0 bridgehead atoms. The maximum atomic E-state index is 2.42. The summed E-state index contributed by atoms with van der Waals surface area (Å²) < 4.78 is 0. The standard InChI is InChI=1S/C31H38/c1-3-4-5-6-7-8-9-10-11-12-13-25-15-19-29-27(23-25)17-21-30-28-18-14-24(2)22-26(28)16-20-31(29)30/h14-23H,3-13H2,1-2H3. The monoisotopic (exact) mass is 410 g/mol. The van der Waals surface area contributed by atoms with Crippen molar-refractivity contribution in [3.8, 4) is 0 Å². The van der Waals surface area contributed by atoms with Crippen LogP contribution in [-0.4, -0.2) is 0 Å². The zero-order valence-corrected chi connectivity index (χ0v) is 19.6. The molecule has 0 heterocycles. The van der Waals surface area contributed by atoms with E-state index in [9.17, 15) is 0 Å². The minimum atomic E-state index is 1.21. The molecule has 4 aromatic rings. The van der Waals surface area contributed by atoms with Crippen LogP contribution in [0.4, 0.5) is 0 Å². The first-order valence-electron chi connectivity index (χ1n) is 12.6. The van der Waals surface area contributed by atoms with Crippen molar-refractivity contribution in [3.05, 3.63) is 71.8 Å². The second-order valence-electron chi connectivity index (χ2n) is 9.44. The van der Waals surface area contributed by atoms with Crippen molar-refractivity contribution in [3.63, 3.8) is 0 Å². The predicted octanol–water partition coefficient (Wildman–Crippen LogP) is 9.92. The molecule has 162 valence electrons. The maximum Gasteiger partial charge on any atom is -0.00990 e. The Bertz CT molecular complexity index is 1130. The summed E-state index contributed by atoms with van der Waals surface area (Å²) in [6.07, 6.45) is 15.2. The van der Waals surface area contributed by atoms with E-state index in [4.69, 9.17) is 0 Å². The Kier molecular flexibility index (Phi) is 7.62. The van der Waals surface area contributed by atoms with E-state index in [1.165, 1.54) is 114 Å². The van der Waals surface area contributed by atoms with Gasteiger partial charge in [0.2, 0.25) is 0 Å². The number of rotatable bonds is 11. The molecule has 31 heavy (non-hydrogen) atoms. The first-order chi connectivity index (χ1) is 15.3. The molecule has 0 unspecified atom stereocenters. The smallest absolute Gasteiger partial charge is 0.00990 e. The highest BCUT2D eigenvalue weighted by Crippen LogP contribution is 2.32. The highest BCUT2D eigenvalue weighted by Gasteiger charge is 2.06. The molecule has 0 aliphatic rings. The van der Waals surface area contributed by atoms with Crippen molar-refractivity contribution < 1.29 is 0 Å². The Hall–Kier alpha value is -2.34. The van der Waals surface area contributed by atoms with Crippen molar-refractivity contribution in [2.24, 2.45) is 0 Å². The molecule has 0 fully saturated rings. The largest absolute Gasteiger partial charge is 0.0654 e. The first kappa shape index (κ1) is 21.9. The Balaban J connectivity index is 1.35. The van der Waals surface area contributed by atoms with E-state index in [0.29, 0.717) is 0 Å². The minimum absolute atomic E-state index is 1.21. The Morgan fingerprint density at radius 1 is 0.484 bits per heavy atom. The van der Waals surface area contributed by atoms with Crippen LogP contribution < -0.4 is 0 Å². The molecule has 0 aliphatic carbocycles. The van der Waals surface area contributed by atoms with Gasteiger partial charge in [0.15, 0.2) is 0 Å². The first-order valence-corrected chi connectivity index (χ1v) is 12.6. The van der Waals surface area contributed by atoms with Gasteiger partial charge in [0.05, 0.1) is 0 Å². The van der Waals surface area contributed by atoms with Gasteiger partial charge in [-0.25, -0.2) is 0 Å². The molecule has 0 heteroatoms. The quantitative estimate of drug-likeness (QED) is 0.170. The second kappa shape index (κ2) is 10.8. The molecule has 0 aliphatic heterocycles. The van der Waals surface area contributed by atoms with Crippen molar-refractivity contribution in [1.82, 2.24) is 0 Å². The van der Waals surface area contributed by atoms with E-state index < -0.39 is 0 Å². The third-order valence-electron chi connectivity index (χ3n) is 6.87. The van der Waals surface area contributed by atoms with Gasteiger partial charge in [-0.3, -0.25) is 0 Å². The lowest BCUT2D eigenvalue weighted by Gasteiger charge is -2.10. The predicted molar refractivity (Wildman–Crippen MR) is 139 cm³/mol. The van der Waals surface area contributed by atoms with Gasteiger partial charge in [-0.1, -0.05) is 131 Å². The number of fused-ring (bicyclic) bond motifs is 5. The summed E-state index contributed by atoms with van der Waals surface area (Å²) in [5.41, 5.74) is 2.81. The molecule has 4 aromatic carbocycles. The van der Waals surface area contributed by atoms with Crippen molar-refractivity contribution in [1.29, 1.82) is 0 Å². The molecule has 0 spiro atoms. The number of hydrogen-bond acceptors (Lipinski definition) is 0. The van der Waals surface area contributed by atoms with E-state index in [-0.39, 0.29) is 0 Å². The lowest BCUT2D eigenvalue weighted by atomic mass is 9.94. The highest BCUT2D eigenvalue weighted by molar-refractivity contribution is 6.17. The van der Waals surface area contributed by atoms with Crippen LogP contribution in [-0.2, 0) is 6.42 Å². The molecule has 4 rings (SSSR count). The Morgan fingerprint density at radius 3 is 1.65 bits per heavy atom. The summed E-state index contributed by atoms with van der Waals surface area (Å²) in [6.45, 7) is 4.46. The molecule has 0 saturated carbocycles. The van der Waals surface area contributed by atoms with Gasteiger partial charge < -0.3 is 0 Å². The van der Waals surface area contributed by atoms with Crippen LogP contribution in [0.3, 0.4) is 0 Å². The minimum Gasteiger partial charge on any atom is -0.0654 e. The number of hydrogen-bond donors (Lipinski definition) is 0. The van der Waals surface area contributed by atoms with Crippen molar-refractivity contribution in [2.45, 2.75) is 84.5 Å². The molecule has 0 amide bonds. The van der Waals surface area contributed by atoms with Crippen LogP contribution in [0, 0.1) is 6.92 Å². The van der Waals surface area contributed by atoms with Gasteiger partial charge in [-0.2, -0.15) is 0 Å². The normalized spacial score (nSPS) is 11.7. The summed E-state index contributed by atoms with van der Waals surface area (Å²) in [4.78, 5) is 0. The van der Waals surface area contributed by atoms with E-state index in [2.05, 4.69) is 74.5 Å². The summed E-state index contributed by atoms with van der Waals surface area (Å²) in [5.74, 6) is 0.